The lowest BCUT2D eigenvalue weighted by molar-refractivity contribution is -0.137. The molecule has 2 unspecified atom stereocenters. The normalized spacial score (nSPS) is 24.4. The van der Waals surface area contributed by atoms with Gasteiger partial charge >= 0.3 is 6.18 Å². The Morgan fingerprint density at radius 2 is 1.68 bits per heavy atom. The van der Waals surface area contributed by atoms with Gasteiger partial charge in [0.15, 0.2) is 0 Å². The minimum atomic E-state index is -4.43. The number of ether oxygens (including phenoxy) is 2. The standard InChI is InChI=1S/C21H24F3N5O2/c22-21(23,24)14-3-6-25-18(9-14)27-19-10-17(13-4-7-30-8-5-13)26-20(28-19)29-15-1-2-16(29)12-31-11-15/h3,6,9-10,13,15-16H,1-2,4-5,7-8,11-12H2,(H,25,26,27,28). The lowest BCUT2D eigenvalue weighted by Crippen LogP contribution is -2.47. The van der Waals surface area contributed by atoms with E-state index in [1.54, 1.807) is 0 Å². The molecular formula is C21H24F3N5O2. The molecule has 10 heteroatoms. The maximum Gasteiger partial charge on any atom is 0.416 e. The molecular weight excluding hydrogens is 411 g/mol. The SMILES string of the molecule is FC(F)(F)c1ccnc(Nc2cc(C3CCOCC3)nc(N3C4CCC3COC4)n2)c1. The van der Waals surface area contributed by atoms with E-state index in [2.05, 4.69) is 20.2 Å². The molecule has 5 rings (SSSR count). The zero-order valence-electron chi connectivity index (χ0n) is 16.9. The van der Waals surface area contributed by atoms with Crippen LogP contribution in [0.5, 0.6) is 0 Å². The molecule has 0 radical (unpaired) electrons. The van der Waals surface area contributed by atoms with Crippen molar-refractivity contribution in [3.8, 4) is 0 Å². The maximum absolute atomic E-state index is 13.1. The molecule has 0 saturated carbocycles. The molecule has 7 nitrogen and oxygen atoms in total. The number of aromatic nitrogens is 3. The number of hydrogen-bond donors (Lipinski definition) is 1. The van der Waals surface area contributed by atoms with Gasteiger partial charge in [-0.2, -0.15) is 18.2 Å². The summed E-state index contributed by atoms with van der Waals surface area (Å²) < 4.78 is 50.5. The van der Waals surface area contributed by atoms with Gasteiger partial charge in [-0.15, -0.1) is 0 Å². The average Bonchev–Trinajstić information content (AvgIpc) is 3.02. The van der Waals surface area contributed by atoms with Crippen molar-refractivity contribution in [1.29, 1.82) is 0 Å². The fraction of sp³-hybridized carbons (Fsp3) is 0.571. The first kappa shape index (κ1) is 20.4. The zero-order valence-corrected chi connectivity index (χ0v) is 16.9. The molecule has 3 saturated heterocycles. The third kappa shape index (κ3) is 4.31. The smallest absolute Gasteiger partial charge is 0.381 e. The van der Waals surface area contributed by atoms with Crippen LogP contribution >= 0.6 is 0 Å². The van der Waals surface area contributed by atoms with E-state index in [0.29, 0.717) is 38.2 Å². The van der Waals surface area contributed by atoms with Crippen molar-refractivity contribution in [2.24, 2.45) is 0 Å². The van der Waals surface area contributed by atoms with Gasteiger partial charge in [0, 0.05) is 31.4 Å². The van der Waals surface area contributed by atoms with Crippen molar-refractivity contribution >= 4 is 17.6 Å². The van der Waals surface area contributed by atoms with Gasteiger partial charge < -0.3 is 19.7 Å². The minimum absolute atomic E-state index is 0.0994. The molecule has 2 aromatic heterocycles. The molecule has 2 aromatic rings. The molecule has 3 aliphatic heterocycles. The van der Waals surface area contributed by atoms with Crippen LogP contribution in [0.1, 0.15) is 42.9 Å². The summed E-state index contributed by atoms with van der Waals surface area (Å²) in [6, 6.07) is 4.22. The van der Waals surface area contributed by atoms with Crippen molar-refractivity contribution < 1.29 is 22.6 Å². The van der Waals surface area contributed by atoms with Crippen LogP contribution in [0.2, 0.25) is 0 Å². The van der Waals surface area contributed by atoms with E-state index in [0.717, 1.165) is 49.7 Å². The zero-order chi connectivity index (χ0) is 21.4. The van der Waals surface area contributed by atoms with Gasteiger partial charge in [-0.05, 0) is 37.8 Å². The summed E-state index contributed by atoms with van der Waals surface area (Å²) in [5, 5.41) is 2.97. The van der Waals surface area contributed by atoms with Gasteiger partial charge in [0.1, 0.15) is 11.6 Å². The van der Waals surface area contributed by atoms with E-state index >= 15 is 0 Å². The van der Waals surface area contributed by atoms with Crippen LogP contribution in [0.15, 0.2) is 24.4 Å². The lowest BCUT2D eigenvalue weighted by atomic mass is 9.96. The van der Waals surface area contributed by atoms with Gasteiger partial charge in [0.2, 0.25) is 5.95 Å². The maximum atomic E-state index is 13.1. The quantitative estimate of drug-likeness (QED) is 0.781. The highest BCUT2D eigenvalue weighted by atomic mass is 19.4. The summed E-state index contributed by atoms with van der Waals surface area (Å²) in [7, 11) is 0. The first-order valence-electron chi connectivity index (χ1n) is 10.6. The number of fused-ring (bicyclic) bond motifs is 2. The van der Waals surface area contributed by atoms with Crippen molar-refractivity contribution in [2.45, 2.75) is 49.9 Å². The van der Waals surface area contributed by atoms with Gasteiger partial charge in [-0.25, -0.2) is 9.97 Å². The van der Waals surface area contributed by atoms with Gasteiger partial charge in [-0.3, -0.25) is 0 Å². The van der Waals surface area contributed by atoms with E-state index in [1.807, 2.05) is 6.07 Å². The molecule has 166 valence electrons. The van der Waals surface area contributed by atoms with Crippen LogP contribution in [0.3, 0.4) is 0 Å². The predicted octanol–water partition coefficient (Wildman–Crippen LogP) is 3.90. The molecule has 3 fully saturated rings. The first-order chi connectivity index (χ1) is 15.0. The number of morpholine rings is 1. The van der Waals surface area contributed by atoms with E-state index in [4.69, 9.17) is 14.5 Å². The van der Waals surface area contributed by atoms with Crippen molar-refractivity contribution in [3.63, 3.8) is 0 Å². The number of anilines is 3. The van der Waals surface area contributed by atoms with E-state index < -0.39 is 11.7 Å². The molecule has 2 atom stereocenters. The molecule has 0 aromatic carbocycles. The summed E-state index contributed by atoms with van der Waals surface area (Å²) in [5.74, 6) is 1.38. The molecule has 1 N–H and O–H groups in total. The predicted molar refractivity (Wildman–Crippen MR) is 107 cm³/mol. The minimum Gasteiger partial charge on any atom is -0.381 e. The second-order valence-corrected chi connectivity index (χ2v) is 8.25. The number of hydrogen-bond acceptors (Lipinski definition) is 7. The largest absolute Gasteiger partial charge is 0.416 e. The highest BCUT2D eigenvalue weighted by Gasteiger charge is 2.39. The Balaban J connectivity index is 1.49. The molecule has 0 spiro atoms. The van der Waals surface area contributed by atoms with Crippen LogP contribution < -0.4 is 10.2 Å². The number of rotatable bonds is 4. The topological polar surface area (TPSA) is 72.4 Å². The highest BCUT2D eigenvalue weighted by Crippen LogP contribution is 2.36. The Hall–Kier alpha value is -2.46. The molecule has 2 bridgehead atoms. The van der Waals surface area contributed by atoms with E-state index in [9.17, 15) is 13.2 Å². The molecule has 0 amide bonds. The van der Waals surface area contributed by atoms with E-state index in [-0.39, 0.29) is 23.8 Å². The summed E-state index contributed by atoms with van der Waals surface area (Å²) in [6.07, 6.45) is 0.466. The molecule has 0 aliphatic carbocycles. The molecule has 31 heavy (non-hydrogen) atoms. The monoisotopic (exact) mass is 435 g/mol. The van der Waals surface area contributed by atoms with Gasteiger partial charge in [0.05, 0.1) is 36.6 Å². The average molecular weight is 435 g/mol. The summed E-state index contributed by atoms with van der Waals surface area (Å²) in [4.78, 5) is 15.8. The summed E-state index contributed by atoms with van der Waals surface area (Å²) in [6.45, 7) is 2.62. The third-order valence-corrected chi connectivity index (χ3v) is 6.19. The Bertz CT molecular complexity index is 919. The van der Waals surface area contributed by atoms with Crippen LogP contribution in [0.4, 0.5) is 30.8 Å². The van der Waals surface area contributed by atoms with Gasteiger partial charge in [0.25, 0.3) is 0 Å². The van der Waals surface area contributed by atoms with Gasteiger partial charge in [-0.1, -0.05) is 0 Å². The lowest BCUT2D eigenvalue weighted by Gasteiger charge is -2.35. The van der Waals surface area contributed by atoms with Crippen molar-refractivity contribution in [3.05, 3.63) is 35.7 Å². The number of nitrogens with one attached hydrogen (secondary N) is 1. The second-order valence-electron chi connectivity index (χ2n) is 8.25. The Kier molecular flexibility index (Phi) is 5.43. The van der Waals surface area contributed by atoms with Crippen LogP contribution in [-0.4, -0.2) is 53.5 Å². The Morgan fingerprint density at radius 1 is 0.935 bits per heavy atom. The Morgan fingerprint density at radius 3 is 2.39 bits per heavy atom. The first-order valence-corrected chi connectivity index (χ1v) is 10.6. The molecule has 3 aliphatic rings. The van der Waals surface area contributed by atoms with Crippen LogP contribution in [0, 0.1) is 0 Å². The Labute approximate surface area is 178 Å². The summed E-state index contributed by atoms with van der Waals surface area (Å²) >= 11 is 0. The van der Waals surface area contributed by atoms with Crippen molar-refractivity contribution in [2.75, 3.05) is 36.6 Å². The number of halogens is 3. The van der Waals surface area contributed by atoms with Crippen molar-refractivity contribution in [1.82, 2.24) is 15.0 Å². The fourth-order valence-corrected chi connectivity index (χ4v) is 4.60. The van der Waals surface area contributed by atoms with Crippen LogP contribution in [0.25, 0.3) is 0 Å². The van der Waals surface area contributed by atoms with Crippen LogP contribution in [-0.2, 0) is 15.7 Å². The number of alkyl halides is 3. The second kappa shape index (κ2) is 8.23. The third-order valence-electron chi connectivity index (χ3n) is 6.19. The number of pyridine rings is 1. The fourth-order valence-electron chi connectivity index (χ4n) is 4.60. The highest BCUT2D eigenvalue weighted by molar-refractivity contribution is 5.56. The van der Waals surface area contributed by atoms with E-state index in [1.165, 1.54) is 0 Å². The molecule has 5 heterocycles. The summed E-state index contributed by atoms with van der Waals surface area (Å²) in [5.41, 5.74) is 0.129. The number of nitrogens with zero attached hydrogens (tertiary/aromatic N) is 4.